The first kappa shape index (κ1) is 13.8. The first-order valence-electron chi connectivity index (χ1n) is 5.52. The normalized spacial score (nSPS) is 17.2. The molecule has 0 N–H and O–H groups in total. The van der Waals surface area contributed by atoms with Crippen molar-refractivity contribution >= 4 is 18.4 Å². The van der Waals surface area contributed by atoms with Crippen molar-refractivity contribution < 1.29 is 9.53 Å². The highest BCUT2D eigenvalue weighted by molar-refractivity contribution is 5.85. The van der Waals surface area contributed by atoms with Crippen molar-refractivity contribution in [3.05, 3.63) is 0 Å². The molecule has 1 rings (SSSR count). The molecule has 0 saturated heterocycles. The van der Waals surface area contributed by atoms with Gasteiger partial charge >= 0.3 is 5.97 Å². The average Bonchev–Trinajstić information content (AvgIpc) is 2.16. The van der Waals surface area contributed by atoms with E-state index in [4.69, 9.17) is 4.74 Å². The van der Waals surface area contributed by atoms with Gasteiger partial charge in [0.25, 0.3) is 0 Å². The summed E-state index contributed by atoms with van der Waals surface area (Å²) in [5.74, 6) is 0.00810. The minimum absolute atomic E-state index is 0. The molecule has 1 aliphatic rings. The molecule has 0 unspecified atom stereocenters. The second kappa shape index (κ2) is 8.10. The van der Waals surface area contributed by atoms with Gasteiger partial charge < -0.3 is 4.74 Å². The largest absolute Gasteiger partial charge is 0.462 e. The van der Waals surface area contributed by atoms with Crippen LogP contribution in [0.2, 0.25) is 0 Å². The molecule has 0 aromatic heterocycles. The molecule has 3 heteroatoms. The Morgan fingerprint density at radius 3 is 2.50 bits per heavy atom. The Bertz CT molecular complexity index is 153. The molecule has 0 radical (unpaired) electrons. The smallest absolute Gasteiger partial charge is 0.306 e. The number of unbranched alkanes of at least 4 members (excludes halogenated alkanes) is 1. The minimum Gasteiger partial charge on any atom is -0.462 e. The Hall–Kier alpha value is -0.240. The van der Waals surface area contributed by atoms with Crippen LogP contribution in [0.5, 0.6) is 0 Å². The van der Waals surface area contributed by atoms with Crippen LogP contribution in [0.15, 0.2) is 0 Å². The number of rotatable bonds is 4. The highest BCUT2D eigenvalue weighted by atomic mass is 35.5. The molecule has 1 fully saturated rings. The third-order valence-corrected chi connectivity index (χ3v) is 2.58. The molecule has 0 atom stereocenters. The van der Waals surface area contributed by atoms with E-state index < -0.39 is 0 Å². The summed E-state index contributed by atoms with van der Waals surface area (Å²) < 4.78 is 5.35. The zero-order valence-corrected chi connectivity index (χ0v) is 9.78. The topological polar surface area (TPSA) is 26.3 Å². The van der Waals surface area contributed by atoms with Crippen LogP contribution in [0.25, 0.3) is 0 Å². The summed E-state index contributed by atoms with van der Waals surface area (Å²) in [6, 6.07) is 0. The van der Waals surface area contributed by atoms with Gasteiger partial charge in [-0.2, -0.15) is 0 Å². The van der Waals surface area contributed by atoms with Gasteiger partial charge in [-0.25, -0.2) is 0 Å². The number of ether oxygens (including phenoxy) is 1. The van der Waals surface area contributed by atoms with Gasteiger partial charge in [-0.15, -0.1) is 12.4 Å². The second-order valence-corrected chi connectivity index (χ2v) is 3.85. The number of halogens is 1. The lowest BCUT2D eigenvalue weighted by atomic mass is 9.98. The zero-order valence-electron chi connectivity index (χ0n) is 8.96. The van der Waals surface area contributed by atoms with Gasteiger partial charge in [-0.1, -0.05) is 19.8 Å². The molecular weight excluding hydrogens is 200 g/mol. The van der Waals surface area contributed by atoms with Gasteiger partial charge in [0.05, 0.1) is 0 Å². The molecule has 0 aliphatic heterocycles. The fraction of sp³-hybridized carbons (Fsp3) is 0.909. The molecule has 0 aromatic rings. The lowest BCUT2D eigenvalue weighted by Gasteiger charge is -2.21. The Morgan fingerprint density at radius 2 is 1.93 bits per heavy atom. The van der Waals surface area contributed by atoms with Crippen molar-refractivity contribution in [2.24, 2.45) is 0 Å². The Labute approximate surface area is 92.8 Å². The summed E-state index contributed by atoms with van der Waals surface area (Å²) in [6.07, 6.45) is 8.80. The van der Waals surface area contributed by atoms with Crippen molar-refractivity contribution in [3.8, 4) is 0 Å². The molecule has 14 heavy (non-hydrogen) atoms. The van der Waals surface area contributed by atoms with Crippen molar-refractivity contribution in [3.63, 3.8) is 0 Å². The highest BCUT2D eigenvalue weighted by Gasteiger charge is 2.16. The van der Waals surface area contributed by atoms with Crippen molar-refractivity contribution in [2.75, 3.05) is 0 Å². The zero-order chi connectivity index (χ0) is 9.52. The Morgan fingerprint density at radius 1 is 1.29 bits per heavy atom. The summed E-state index contributed by atoms with van der Waals surface area (Å²) in [5.41, 5.74) is 0. The van der Waals surface area contributed by atoms with E-state index in [0.717, 1.165) is 25.7 Å². The third kappa shape index (κ3) is 5.48. The lowest BCUT2D eigenvalue weighted by Crippen LogP contribution is -2.20. The van der Waals surface area contributed by atoms with E-state index in [1.165, 1.54) is 19.3 Å². The van der Waals surface area contributed by atoms with E-state index in [0.29, 0.717) is 6.42 Å². The van der Waals surface area contributed by atoms with E-state index in [1.807, 2.05) is 0 Å². The molecule has 1 saturated carbocycles. The quantitative estimate of drug-likeness (QED) is 0.679. The van der Waals surface area contributed by atoms with Crippen LogP contribution in [0, 0.1) is 0 Å². The summed E-state index contributed by atoms with van der Waals surface area (Å²) in [6.45, 7) is 2.09. The average molecular weight is 221 g/mol. The maximum absolute atomic E-state index is 11.2. The molecule has 84 valence electrons. The lowest BCUT2D eigenvalue weighted by molar-refractivity contribution is -0.150. The molecular formula is C11H21ClO2. The van der Waals surface area contributed by atoms with E-state index >= 15 is 0 Å². The Kier molecular flexibility index (Phi) is 7.96. The summed E-state index contributed by atoms with van der Waals surface area (Å²) in [4.78, 5) is 11.2. The molecule has 0 aromatic carbocycles. The monoisotopic (exact) mass is 220 g/mol. The number of hydrogen-bond acceptors (Lipinski definition) is 2. The van der Waals surface area contributed by atoms with Gasteiger partial charge in [-0.05, 0) is 32.1 Å². The van der Waals surface area contributed by atoms with Crippen LogP contribution in [0.4, 0.5) is 0 Å². The molecule has 0 heterocycles. The number of esters is 1. The Balaban J connectivity index is 0.00000169. The van der Waals surface area contributed by atoms with Crippen molar-refractivity contribution in [1.29, 1.82) is 0 Å². The van der Waals surface area contributed by atoms with E-state index in [2.05, 4.69) is 6.92 Å². The van der Waals surface area contributed by atoms with Crippen LogP contribution in [0.3, 0.4) is 0 Å². The van der Waals surface area contributed by atoms with Crippen LogP contribution < -0.4 is 0 Å². The predicted molar refractivity (Wildman–Crippen MR) is 59.7 cm³/mol. The minimum atomic E-state index is 0. The number of carbonyl (C=O) groups excluding carboxylic acids is 1. The highest BCUT2D eigenvalue weighted by Crippen LogP contribution is 2.20. The standard InChI is InChI=1S/C11H20O2.ClH/c1-2-3-9-11(12)13-10-7-5-4-6-8-10;/h10H,2-9H2,1H3;1H. The van der Waals surface area contributed by atoms with Gasteiger partial charge in [0.2, 0.25) is 0 Å². The molecule has 2 nitrogen and oxygen atoms in total. The van der Waals surface area contributed by atoms with E-state index in [9.17, 15) is 4.79 Å². The van der Waals surface area contributed by atoms with Gasteiger partial charge in [0.1, 0.15) is 6.10 Å². The summed E-state index contributed by atoms with van der Waals surface area (Å²) in [7, 11) is 0. The van der Waals surface area contributed by atoms with Crippen LogP contribution >= 0.6 is 12.4 Å². The third-order valence-electron chi connectivity index (χ3n) is 2.58. The predicted octanol–water partition coefficient (Wildman–Crippen LogP) is 3.47. The number of hydrogen-bond donors (Lipinski definition) is 0. The first-order valence-corrected chi connectivity index (χ1v) is 5.52. The van der Waals surface area contributed by atoms with Crippen molar-refractivity contribution in [1.82, 2.24) is 0 Å². The van der Waals surface area contributed by atoms with E-state index in [-0.39, 0.29) is 24.5 Å². The fourth-order valence-corrected chi connectivity index (χ4v) is 1.75. The second-order valence-electron chi connectivity index (χ2n) is 3.85. The SMILES string of the molecule is CCCCC(=O)OC1CCCCC1.Cl. The van der Waals surface area contributed by atoms with Crippen LogP contribution in [-0.4, -0.2) is 12.1 Å². The van der Waals surface area contributed by atoms with E-state index in [1.54, 1.807) is 0 Å². The molecule has 0 bridgehead atoms. The maximum atomic E-state index is 11.2. The molecule has 1 aliphatic carbocycles. The van der Waals surface area contributed by atoms with Crippen LogP contribution in [-0.2, 0) is 9.53 Å². The fourth-order valence-electron chi connectivity index (χ4n) is 1.75. The van der Waals surface area contributed by atoms with Gasteiger partial charge in [0, 0.05) is 6.42 Å². The van der Waals surface area contributed by atoms with Crippen LogP contribution in [0.1, 0.15) is 58.3 Å². The maximum Gasteiger partial charge on any atom is 0.306 e. The van der Waals surface area contributed by atoms with Gasteiger partial charge in [0.15, 0.2) is 0 Å². The number of carbonyl (C=O) groups is 1. The van der Waals surface area contributed by atoms with Crippen molar-refractivity contribution in [2.45, 2.75) is 64.4 Å². The summed E-state index contributed by atoms with van der Waals surface area (Å²) in [5, 5.41) is 0. The molecule has 0 amide bonds. The molecule has 0 spiro atoms. The summed E-state index contributed by atoms with van der Waals surface area (Å²) >= 11 is 0. The first-order chi connectivity index (χ1) is 6.33. The van der Waals surface area contributed by atoms with Gasteiger partial charge in [-0.3, -0.25) is 4.79 Å².